The number of benzene rings is 2. The minimum Gasteiger partial charge on any atom is -0.435 e. The molecule has 0 aromatic heterocycles. The number of urea groups is 1. The molecule has 2 N–H and O–H groups in total. The quantitative estimate of drug-likeness (QED) is 0.902. The van der Waals surface area contributed by atoms with E-state index >= 15 is 0 Å². The molecule has 2 aromatic carbocycles. The van der Waals surface area contributed by atoms with E-state index in [2.05, 4.69) is 15.4 Å². The summed E-state index contributed by atoms with van der Waals surface area (Å²) in [5, 5.41) is 13.8. The minimum absolute atomic E-state index is 0.0562. The van der Waals surface area contributed by atoms with Crippen LogP contribution in [0, 0.1) is 11.3 Å². The number of carbonyl (C=O) groups excluding carboxylic acids is 1. The number of carbonyl (C=O) groups is 1. The number of nitriles is 1. The van der Waals surface area contributed by atoms with E-state index in [9.17, 15) is 13.6 Å². The zero-order chi connectivity index (χ0) is 15.9. The molecule has 0 heterocycles. The third-order valence-electron chi connectivity index (χ3n) is 2.57. The second-order valence-corrected chi connectivity index (χ2v) is 4.18. The summed E-state index contributed by atoms with van der Waals surface area (Å²) in [6.07, 6.45) is 0. The predicted octanol–water partition coefficient (Wildman–Crippen LogP) is 3.80. The van der Waals surface area contributed by atoms with Crippen molar-refractivity contribution in [2.45, 2.75) is 6.61 Å². The Balaban J connectivity index is 2.01. The van der Waals surface area contributed by atoms with Crippen LogP contribution in [0.2, 0.25) is 0 Å². The van der Waals surface area contributed by atoms with Crippen molar-refractivity contribution in [2.75, 3.05) is 10.6 Å². The smallest absolute Gasteiger partial charge is 0.387 e. The lowest BCUT2D eigenvalue weighted by Gasteiger charge is -2.09. The molecule has 0 aliphatic heterocycles. The molecular formula is C15H11F2N3O2. The molecule has 2 amide bonds. The maximum absolute atomic E-state index is 12.1. The molecular weight excluding hydrogens is 292 g/mol. The largest absolute Gasteiger partial charge is 0.435 e. The number of alkyl halides is 2. The molecule has 0 atom stereocenters. The average molecular weight is 303 g/mol. The van der Waals surface area contributed by atoms with E-state index in [0.29, 0.717) is 16.9 Å². The SMILES string of the molecule is N#Cc1cccc(NC(=O)Nc2cccc(OC(F)F)c2)c1. The summed E-state index contributed by atoms with van der Waals surface area (Å²) in [5.41, 5.74) is 1.15. The van der Waals surface area contributed by atoms with Crippen molar-refractivity contribution in [3.8, 4) is 11.8 Å². The van der Waals surface area contributed by atoms with Crippen LogP contribution in [0.4, 0.5) is 25.0 Å². The molecule has 0 aliphatic rings. The van der Waals surface area contributed by atoms with Gasteiger partial charge in [0.1, 0.15) is 5.75 Å². The van der Waals surface area contributed by atoms with Crippen LogP contribution in [0.5, 0.6) is 5.75 Å². The Labute approximate surface area is 125 Å². The fourth-order valence-electron chi connectivity index (χ4n) is 1.71. The Morgan fingerprint density at radius 2 is 1.73 bits per heavy atom. The number of halogens is 2. The van der Waals surface area contributed by atoms with E-state index in [1.54, 1.807) is 18.2 Å². The van der Waals surface area contributed by atoms with E-state index in [4.69, 9.17) is 5.26 Å². The lowest BCUT2D eigenvalue weighted by molar-refractivity contribution is -0.0497. The Morgan fingerprint density at radius 1 is 1.09 bits per heavy atom. The maximum Gasteiger partial charge on any atom is 0.387 e. The van der Waals surface area contributed by atoms with Crippen LogP contribution in [-0.4, -0.2) is 12.6 Å². The fraction of sp³-hybridized carbons (Fsp3) is 0.0667. The number of hydrogen-bond donors (Lipinski definition) is 2. The molecule has 0 spiro atoms. The van der Waals surface area contributed by atoms with Crippen LogP contribution >= 0.6 is 0 Å². The monoisotopic (exact) mass is 303 g/mol. The van der Waals surface area contributed by atoms with Crippen LogP contribution in [0.25, 0.3) is 0 Å². The maximum atomic E-state index is 12.1. The van der Waals surface area contributed by atoms with Gasteiger partial charge in [-0.2, -0.15) is 14.0 Å². The van der Waals surface area contributed by atoms with E-state index in [1.165, 1.54) is 30.3 Å². The predicted molar refractivity (Wildman–Crippen MR) is 76.9 cm³/mol. The van der Waals surface area contributed by atoms with Crippen LogP contribution in [0.1, 0.15) is 5.56 Å². The standard InChI is InChI=1S/C15H11F2N3O2/c16-14(17)22-13-6-2-5-12(8-13)20-15(21)19-11-4-1-3-10(7-11)9-18/h1-8,14H,(H2,19,20,21). The van der Waals surface area contributed by atoms with Gasteiger partial charge >= 0.3 is 12.6 Å². The summed E-state index contributed by atoms with van der Waals surface area (Å²) in [6, 6.07) is 13.4. The molecule has 0 radical (unpaired) electrons. The highest BCUT2D eigenvalue weighted by atomic mass is 19.3. The first-order valence-electron chi connectivity index (χ1n) is 6.20. The van der Waals surface area contributed by atoms with E-state index < -0.39 is 12.6 Å². The molecule has 0 bridgehead atoms. The van der Waals surface area contributed by atoms with E-state index in [1.807, 2.05) is 6.07 Å². The van der Waals surface area contributed by atoms with Gasteiger partial charge in [0.15, 0.2) is 0 Å². The van der Waals surface area contributed by atoms with Crippen molar-refractivity contribution in [3.05, 3.63) is 54.1 Å². The second-order valence-electron chi connectivity index (χ2n) is 4.18. The van der Waals surface area contributed by atoms with Gasteiger partial charge in [-0.15, -0.1) is 0 Å². The summed E-state index contributed by atoms with van der Waals surface area (Å²) < 4.78 is 28.5. The van der Waals surface area contributed by atoms with Gasteiger partial charge in [-0.3, -0.25) is 0 Å². The van der Waals surface area contributed by atoms with Gasteiger partial charge in [0, 0.05) is 17.4 Å². The fourth-order valence-corrected chi connectivity index (χ4v) is 1.71. The topological polar surface area (TPSA) is 74.2 Å². The molecule has 112 valence electrons. The number of nitrogens with zero attached hydrogens (tertiary/aromatic N) is 1. The zero-order valence-electron chi connectivity index (χ0n) is 11.2. The number of amides is 2. The van der Waals surface area contributed by atoms with Crippen molar-refractivity contribution >= 4 is 17.4 Å². The van der Waals surface area contributed by atoms with Gasteiger partial charge in [0.05, 0.1) is 11.6 Å². The Morgan fingerprint density at radius 3 is 2.36 bits per heavy atom. The summed E-state index contributed by atoms with van der Waals surface area (Å²) in [5.74, 6) is -0.0562. The van der Waals surface area contributed by atoms with Gasteiger partial charge in [-0.05, 0) is 30.3 Å². The van der Waals surface area contributed by atoms with Gasteiger partial charge in [0.25, 0.3) is 0 Å². The Kier molecular flexibility index (Phi) is 4.88. The van der Waals surface area contributed by atoms with Crippen LogP contribution < -0.4 is 15.4 Å². The molecule has 2 aromatic rings. The lowest BCUT2D eigenvalue weighted by atomic mass is 10.2. The van der Waals surface area contributed by atoms with Gasteiger partial charge < -0.3 is 15.4 Å². The van der Waals surface area contributed by atoms with Crippen LogP contribution in [-0.2, 0) is 0 Å². The first kappa shape index (κ1) is 15.3. The summed E-state index contributed by atoms with van der Waals surface area (Å²) in [4.78, 5) is 11.8. The number of rotatable bonds is 4. The second kappa shape index (κ2) is 7.04. The van der Waals surface area contributed by atoms with Gasteiger partial charge in [0.2, 0.25) is 0 Å². The molecule has 0 unspecified atom stereocenters. The molecule has 0 saturated carbocycles. The van der Waals surface area contributed by atoms with Crippen molar-refractivity contribution in [2.24, 2.45) is 0 Å². The molecule has 22 heavy (non-hydrogen) atoms. The van der Waals surface area contributed by atoms with Crippen LogP contribution in [0.3, 0.4) is 0 Å². The third kappa shape index (κ3) is 4.45. The first-order valence-corrected chi connectivity index (χ1v) is 6.20. The van der Waals surface area contributed by atoms with Crippen molar-refractivity contribution < 1.29 is 18.3 Å². The molecule has 2 rings (SSSR count). The number of anilines is 2. The minimum atomic E-state index is -2.93. The number of ether oxygens (including phenoxy) is 1. The Bertz CT molecular complexity index is 714. The lowest BCUT2D eigenvalue weighted by Crippen LogP contribution is -2.19. The summed E-state index contributed by atoms with van der Waals surface area (Å²) in [7, 11) is 0. The molecule has 0 aliphatic carbocycles. The number of nitrogens with one attached hydrogen (secondary N) is 2. The van der Waals surface area contributed by atoms with Gasteiger partial charge in [-0.25, -0.2) is 4.79 Å². The first-order chi connectivity index (χ1) is 10.6. The normalized spacial score (nSPS) is 9.91. The summed E-state index contributed by atoms with van der Waals surface area (Å²) >= 11 is 0. The average Bonchev–Trinajstić information content (AvgIpc) is 2.47. The molecule has 7 heteroatoms. The van der Waals surface area contributed by atoms with Crippen molar-refractivity contribution in [1.29, 1.82) is 5.26 Å². The highest BCUT2D eigenvalue weighted by molar-refractivity contribution is 5.99. The highest BCUT2D eigenvalue weighted by Crippen LogP contribution is 2.19. The van der Waals surface area contributed by atoms with Crippen molar-refractivity contribution in [1.82, 2.24) is 0 Å². The van der Waals surface area contributed by atoms with Gasteiger partial charge in [-0.1, -0.05) is 12.1 Å². The van der Waals surface area contributed by atoms with Crippen LogP contribution in [0.15, 0.2) is 48.5 Å². The Hall–Kier alpha value is -3.14. The summed E-state index contributed by atoms with van der Waals surface area (Å²) in [6.45, 7) is -2.93. The third-order valence-corrected chi connectivity index (χ3v) is 2.57. The van der Waals surface area contributed by atoms with E-state index in [0.717, 1.165) is 0 Å². The van der Waals surface area contributed by atoms with Crippen molar-refractivity contribution in [3.63, 3.8) is 0 Å². The highest BCUT2D eigenvalue weighted by Gasteiger charge is 2.07. The molecule has 0 saturated heterocycles. The molecule has 5 nitrogen and oxygen atoms in total. The molecule has 0 fully saturated rings. The number of hydrogen-bond acceptors (Lipinski definition) is 3. The van der Waals surface area contributed by atoms with E-state index in [-0.39, 0.29) is 5.75 Å². The zero-order valence-corrected chi connectivity index (χ0v) is 11.2.